The van der Waals surface area contributed by atoms with Gasteiger partial charge < -0.3 is 9.73 Å². The molecule has 1 atom stereocenters. The highest BCUT2D eigenvalue weighted by Gasteiger charge is 2.10. The van der Waals surface area contributed by atoms with Crippen LogP contribution in [0.3, 0.4) is 0 Å². The monoisotopic (exact) mass is 290 g/mol. The fourth-order valence-corrected chi connectivity index (χ4v) is 1.84. The number of nitrogens with one attached hydrogen (secondary N) is 1. The molecule has 0 spiro atoms. The number of amides is 1. The zero-order valence-electron chi connectivity index (χ0n) is 12.2. The zero-order valence-corrected chi connectivity index (χ0v) is 12.2. The molecule has 2 rings (SSSR count). The number of aryl methyl sites for hydroxylation is 1. The van der Waals surface area contributed by atoms with Crippen molar-refractivity contribution < 1.29 is 13.6 Å². The largest absolute Gasteiger partial charge is 0.441 e. The van der Waals surface area contributed by atoms with Gasteiger partial charge in [-0.25, -0.2) is 9.37 Å². The van der Waals surface area contributed by atoms with Crippen molar-refractivity contribution in [2.24, 2.45) is 0 Å². The first-order valence-electron chi connectivity index (χ1n) is 7.08. The van der Waals surface area contributed by atoms with Crippen molar-refractivity contribution in [3.8, 4) is 11.3 Å². The summed E-state index contributed by atoms with van der Waals surface area (Å²) < 4.78 is 18.4. The SMILES string of the molecule is CC[C@@H](C)NC(=O)CCc1ncc(-c2ccc(F)cc2)o1. The fraction of sp³-hybridized carbons (Fsp3) is 0.375. The van der Waals surface area contributed by atoms with Gasteiger partial charge >= 0.3 is 0 Å². The Morgan fingerprint density at radius 3 is 2.76 bits per heavy atom. The van der Waals surface area contributed by atoms with E-state index in [0.29, 0.717) is 24.5 Å². The molecule has 1 aromatic heterocycles. The molecule has 1 heterocycles. The fourth-order valence-electron chi connectivity index (χ4n) is 1.84. The maximum absolute atomic E-state index is 12.9. The highest BCUT2D eigenvalue weighted by Crippen LogP contribution is 2.21. The molecule has 0 aliphatic rings. The third-order valence-electron chi connectivity index (χ3n) is 3.27. The second-order valence-electron chi connectivity index (χ2n) is 5.00. The van der Waals surface area contributed by atoms with Gasteiger partial charge in [0.15, 0.2) is 11.7 Å². The number of halogens is 1. The summed E-state index contributed by atoms with van der Waals surface area (Å²) in [6.07, 6.45) is 3.28. The lowest BCUT2D eigenvalue weighted by atomic mass is 10.2. The molecule has 0 aliphatic carbocycles. The Morgan fingerprint density at radius 2 is 2.10 bits per heavy atom. The van der Waals surface area contributed by atoms with E-state index < -0.39 is 0 Å². The van der Waals surface area contributed by atoms with Gasteiger partial charge in [-0.3, -0.25) is 4.79 Å². The Bertz CT molecular complexity index is 593. The van der Waals surface area contributed by atoms with Gasteiger partial charge in [-0.05, 0) is 37.6 Å². The lowest BCUT2D eigenvalue weighted by Crippen LogP contribution is -2.32. The first kappa shape index (κ1) is 15.2. The smallest absolute Gasteiger partial charge is 0.220 e. The number of aromatic nitrogens is 1. The van der Waals surface area contributed by atoms with Gasteiger partial charge in [-0.1, -0.05) is 6.92 Å². The zero-order chi connectivity index (χ0) is 15.2. The number of hydrogen-bond donors (Lipinski definition) is 1. The molecule has 1 aromatic carbocycles. The third kappa shape index (κ3) is 4.41. The van der Waals surface area contributed by atoms with Crippen LogP contribution in [0.5, 0.6) is 0 Å². The molecular weight excluding hydrogens is 271 g/mol. The number of carbonyl (C=O) groups is 1. The highest BCUT2D eigenvalue weighted by molar-refractivity contribution is 5.76. The van der Waals surface area contributed by atoms with E-state index in [9.17, 15) is 9.18 Å². The second-order valence-corrected chi connectivity index (χ2v) is 5.00. The molecule has 0 saturated carbocycles. The predicted molar refractivity (Wildman–Crippen MR) is 78.1 cm³/mol. The molecular formula is C16H19FN2O2. The van der Waals surface area contributed by atoms with E-state index in [1.165, 1.54) is 12.1 Å². The molecule has 2 aromatic rings. The van der Waals surface area contributed by atoms with Gasteiger partial charge in [-0.15, -0.1) is 0 Å². The normalized spacial score (nSPS) is 12.1. The summed E-state index contributed by atoms with van der Waals surface area (Å²) in [7, 11) is 0. The van der Waals surface area contributed by atoms with E-state index in [0.717, 1.165) is 12.0 Å². The van der Waals surface area contributed by atoms with Crippen LogP contribution in [-0.4, -0.2) is 16.9 Å². The molecule has 0 saturated heterocycles. The standard InChI is InChI=1S/C16H19FN2O2/c1-3-11(2)19-15(20)8-9-16-18-10-14(21-16)12-4-6-13(17)7-5-12/h4-7,10-11H,3,8-9H2,1-2H3,(H,19,20)/t11-/m1/s1. The molecule has 0 fully saturated rings. The molecule has 4 nitrogen and oxygen atoms in total. The van der Waals surface area contributed by atoms with Crippen LogP contribution < -0.4 is 5.32 Å². The summed E-state index contributed by atoms with van der Waals surface area (Å²) in [6, 6.07) is 6.19. The van der Waals surface area contributed by atoms with Gasteiger partial charge in [0.2, 0.25) is 5.91 Å². The van der Waals surface area contributed by atoms with Gasteiger partial charge in [0.1, 0.15) is 5.82 Å². The number of benzene rings is 1. The van der Waals surface area contributed by atoms with Crippen molar-refractivity contribution in [1.29, 1.82) is 0 Å². The number of nitrogens with zero attached hydrogens (tertiary/aromatic N) is 1. The van der Waals surface area contributed by atoms with Crippen molar-refractivity contribution in [2.75, 3.05) is 0 Å². The molecule has 0 aliphatic heterocycles. The van der Waals surface area contributed by atoms with Gasteiger partial charge in [-0.2, -0.15) is 0 Å². The van der Waals surface area contributed by atoms with Crippen molar-refractivity contribution in [2.45, 2.75) is 39.2 Å². The first-order chi connectivity index (χ1) is 10.1. The van der Waals surface area contributed by atoms with Crippen LogP contribution in [0.1, 0.15) is 32.6 Å². The number of rotatable bonds is 6. The van der Waals surface area contributed by atoms with E-state index in [-0.39, 0.29) is 17.8 Å². The van der Waals surface area contributed by atoms with Crippen LogP contribution in [0, 0.1) is 5.82 Å². The maximum atomic E-state index is 12.9. The second kappa shape index (κ2) is 7.02. The number of oxazole rings is 1. The van der Waals surface area contributed by atoms with E-state index >= 15 is 0 Å². The van der Waals surface area contributed by atoms with Crippen LogP contribution in [0.15, 0.2) is 34.9 Å². The average molecular weight is 290 g/mol. The number of hydrogen-bond acceptors (Lipinski definition) is 3. The van der Waals surface area contributed by atoms with E-state index in [2.05, 4.69) is 10.3 Å². The minimum Gasteiger partial charge on any atom is -0.441 e. The summed E-state index contributed by atoms with van der Waals surface area (Å²) in [4.78, 5) is 15.8. The minimum atomic E-state index is -0.291. The Morgan fingerprint density at radius 1 is 1.38 bits per heavy atom. The van der Waals surface area contributed by atoms with Crippen LogP contribution >= 0.6 is 0 Å². The summed E-state index contributed by atoms with van der Waals surface area (Å²) in [5, 5.41) is 2.89. The Labute approximate surface area is 123 Å². The van der Waals surface area contributed by atoms with Crippen LogP contribution in [-0.2, 0) is 11.2 Å². The van der Waals surface area contributed by atoms with Crippen molar-refractivity contribution in [1.82, 2.24) is 10.3 Å². The van der Waals surface area contributed by atoms with Crippen molar-refractivity contribution in [3.05, 3.63) is 42.2 Å². The van der Waals surface area contributed by atoms with Crippen molar-refractivity contribution >= 4 is 5.91 Å². The lowest BCUT2D eigenvalue weighted by molar-refractivity contribution is -0.121. The highest BCUT2D eigenvalue weighted by atomic mass is 19.1. The first-order valence-corrected chi connectivity index (χ1v) is 7.08. The van der Waals surface area contributed by atoms with E-state index in [4.69, 9.17) is 4.42 Å². The summed E-state index contributed by atoms with van der Waals surface area (Å²) >= 11 is 0. The summed E-state index contributed by atoms with van der Waals surface area (Å²) in [5.41, 5.74) is 0.763. The Balaban J connectivity index is 1.91. The summed E-state index contributed by atoms with van der Waals surface area (Å²) in [6.45, 7) is 3.99. The quantitative estimate of drug-likeness (QED) is 0.887. The maximum Gasteiger partial charge on any atom is 0.220 e. The molecule has 0 unspecified atom stereocenters. The lowest BCUT2D eigenvalue weighted by Gasteiger charge is -2.10. The minimum absolute atomic E-state index is 0.00844. The molecule has 112 valence electrons. The molecule has 0 bridgehead atoms. The van der Waals surface area contributed by atoms with E-state index in [1.54, 1.807) is 18.3 Å². The van der Waals surface area contributed by atoms with Gasteiger partial charge in [0, 0.05) is 24.4 Å². The Hall–Kier alpha value is -2.17. The van der Waals surface area contributed by atoms with Crippen LogP contribution in [0.2, 0.25) is 0 Å². The number of carbonyl (C=O) groups excluding carboxylic acids is 1. The van der Waals surface area contributed by atoms with Gasteiger partial charge in [0.25, 0.3) is 0 Å². The Kier molecular flexibility index (Phi) is 5.09. The average Bonchev–Trinajstić information content (AvgIpc) is 2.94. The van der Waals surface area contributed by atoms with E-state index in [1.807, 2.05) is 13.8 Å². The van der Waals surface area contributed by atoms with Gasteiger partial charge in [0.05, 0.1) is 6.20 Å². The molecule has 5 heteroatoms. The molecule has 21 heavy (non-hydrogen) atoms. The van der Waals surface area contributed by atoms with Crippen LogP contribution in [0.25, 0.3) is 11.3 Å². The van der Waals surface area contributed by atoms with Crippen molar-refractivity contribution in [3.63, 3.8) is 0 Å². The predicted octanol–water partition coefficient (Wildman–Crippen LogP) is 3.33. The molecule has 1 amide bonds. The molecule has 0 radical (unpaired) electrons. The van der Waals surface area contributed by atoms with Crippen LogP contribution in [0.4, 0.5) is 4.39 Å². The topological polar surface area (TPSA) is 55.1 Å². The molecule has 1 N–H and O–H groups in total. The third-order valence-corrected chi connectivity index (χ3v) is 3.27. The summed E-state index contributed by atoms with van der Waals surface area (Å²) in [5.74, 6) is 0.784.